The Morgan fingerprint density at radius 1 is 1.32 bits per heavy atom. The van der Waals surface area contributed by atoms with Gasteiger partial charge in [0.1, 0.15) is 5.82 Å². The van der Waals surface area contributed by atoms with E-state index in [-0.39, 0.29) is 17.7 Å². The number of morpholine rings is 1. The number of hydrogen-bond acceptors (Lipinski definition) is 5. The number of ether oxygens (including phenoxy) is 1. The number of aromatic nitrogens is 1. The Bertz CT molecular complexity index is 655. The van der Waals surface area contributed by atoms with Crippen LogP contribution < -0.4 is 10.2 Å². The molecule has 0 spiro atoms. The van der Waals surface area contributed by atoms with Crippen molar-refractivity contribution in [3.63, 3.8) is 0 Å². The highest BCUT2D eigenvalue weighted by atomic mass is 16.5. The van der Waals surface area contributed by atoms with Crippen molar-refractivity contribution in [2.45, 2.75) is 31.8 Å². The van der Waals surface area contributed by atoms with Crippen molar-refractivity contribution in [3.8, 4) is 0 Å². The lowest BCUT2D eigenvalue weighted by atomic mass is 10.1. The molecule has 7 nitrogen and oxygen atoms in total. The van der Waals surface area contributed by atoms with Crippen LogP contribution in [0.3, 0.4) is 0 Å². The molecule has 1 saturated carbocycles. The quantitative estimate of drug-likeness (QED) is 0.844. The van der Waals surface area contributed by atoms with Gasteiger partial charge in [0.05, 0.1) is 19.1 Å². The molecule has 2 saturated heterocycles. The number of carbonyl (C=O) groups excluding carboxylic acids is 2. The number of hydrogen-bond donors (Lipinski definition) is 1. The average molecular weight is 344 g/mol. The number of likely N-dealkylation sites (tertiary alicyclic amines) is 1. The lowest BCUT2D eigenvalue weighted by Crippen LogP contribution is -2.37. The van der Waals surface area contributed by atoms with Crippen molar-refractivity contribution in [1.82, 2.24) is 15.2 Å². The molecule has 1 atom stereocenters. The average Bonchev–Trinajstić information content (AvgIpc) is 3.42. The van der Waals surface area contributed by atoms with Crippen molar-refractivity contribution in [2.24, 2.45) is 5.92 Å². The molecule has 3 heterocycles. The van der Waals surface area contributed by atoms with Crippen LogP contribution >= 0.6 is 0 Å². The summed E-state index contributed by atoms with van der Waals surface area (Å²) in [5.74, 6) is 0.807. The van der Waals surface area contributed by atoms with Gasteiger partial charge in [-0.3, -0.25) is 9.59 Å². The molecule has 1 aliphatic carbocycles. The van der Waals surface area contributed by atoms with Crippen molar-refractivity contribution in [3.05, 3.63) is 23.9 Å². The van der Waals surface area contributed by atoms with Gasteiger partial charge >= 0.3 is 0 Å². The highest BCUT2D eigenvalue weighted by Crippen LogP contribution is 2.32. The van der Waals surface area contributed by atoms with E-state index in [2.05, 4.69) is 15.2 Å². The molecule has 1 unspecified atom stereocenters. The summed E-state index contributed by atoms with van der Waals surface area (Å²) in [5.41, 5.74) is 1.02. The van der Waals surface area contributed by atoms with Crippen LogP contribution in [0.25, 0.3) is 0 Å². The summed E-state index contributed by atoms with van der Waals surface area (Å²) < 4.78 is 5.37. The van der Waals surface area contributed by atoms with Crippen molar-refractivity contribution in [2.75, 3.05) is 37.7 Å². The molecule has 1 aromatic rings. The number of nitrogens with one attached hydrogen (secondary N) is 1. The lowest BCUT2D eigenvalue weighted by Gasteiger charge is -2.28. The van der Waals surface area contributed by atoms with Gasteiger partial charge in [-0.25, -0.2) is 4.98 Å². The van der Waals surface area contributed by atoms with E-state index < -0.39 is 0 Å². The van der Waals surface area contributed by atoms with Crippen molar-refractivity contribution < 1.29 is 14.3 Å². The Labute approximate surface area is 147 Å². The second-order valence-electron chi connectivity index (χ2n) is 7.02. The van der Waals surface area contributed by atoms with Crippen molar-refractivity contribution in [1.29, 1.82) is 0 Å². The fourth-order valence-electron chi connectivity index (χ4n) is 3.52. The van der Waals surface area contributed by atoms with E-state index in [9.17, 15) is 9.59 Å². The van der Waals surface area contributed by atoms with Crippen LogP contribution in [0.5, 0.6) is 0 Å². The van der Waals surface area contributed by atoms with Gasteiger partial charge < -0.3 is 19.9 Å². The number of nitrogens with zero attached hydrogens (tertiary/aromatic N) is 3. The highest BCUT2D eigenvalue weighted by Gasteiger charge is 2.41. The molecule has 0 bridgehead atoms. The maximum Gasteiger partial charge on any atom is 0.225 e. The summed E-state index contributed by atoms with van der Waals surface area (Å²) in [5, 5.41) is 2.98. The lowest BCUT2D eigenvalue weighted by molar-refractivity contribution is -0.129. The van der Waals surface area contributed by atoms with Crippen LogP contribution in [0.4, 0.5) is 5.82 Å². The van der Waals surface area contributed by atoms with E-state index in [4.69, 9.17) is 4.74 Å². The molecule has 1 N–H and O–H groups in total. The van der Waals surface area contributed by atoms with Gasteiger partial charge in [0.25, 0.3) is 0 Å². The van der Waals surface area contributed by atoms with E-state index in [0.717, 1.165) is 50.5 Å². The summed E-state index contributed by atoms with van der Waals surface area (Å²) in [6.07, 6.45) is 4.29. The maximum absolute atomic E-state index is 12.4. The van der Waals surface area contributed by atoms with Gasteiger partial charge in [-0.1, -0.05) is 0 Å². The minimum absolute atomic E-state index is 0.0266. The highest BCUT2D eigenvalue weighted by molar-refractivity contribution is 5.89. The van der Waals surface area contributed by atoms with E-state index in [1.807, 2.05) is 17.0 Å². The van der Waals surface area contributed by atoms with E-state index in [0.29, 0.717) is 25.6 Å². The fraction of sp³-hybridized carbons (Fsp3) is 0.611. The Kier molecular flexibility index (Phi) is 4.57. The number of amides is 2. The number of rotatable bonds is 5. The molecule has 4 rings (SSSR count). The summed E-state index contributed by atoms with van der Waals surface area (Å²) >= 11 is 0. The first-order valence-electron chi connectivity index (χ1n) is 9.05. The first kappa shape index (κ1) is 16.3. The van der Waals surface area contributed by atoms with Gasteiger partial charge in [0, 0.05) is 44.8 Å². The van der Waals surface area contributed by atoms with Crippen molar-refractivity contribution >= 4 is 17.6 Å². The van der Waals surface area contributed by atoms with Gasteiger partial charge in [-0.2, -0.15) is 0 Å². The molecule has 25 heavy (non-hydrogen) atoms. The zero-order valence-electron chi connectivity index (χ0n) is 14.3. The summed E-state index contributed by atoms with van der Waals surface area (Å²) in [6.45, 7) is 4.15. The number of anilines is 1. The molecule has 0 aromatic carbocycles. The third-order valence-corrected chi connectivity index (χ3v) is 5.13. The topological polar surface area (TPSA) is 74.8 Å². The predicted molar refractivity (Wildman–Crippen MR) is 92.0 cm³/mol. The second-order valence-corrected chi connectivity index (χ2v) is 7.02. The minimum Gasteiger partial charge on any atom is -0.378 e. The van der Waals surface area contributed by atoms with Gasteiger partial charge in [-0.05, 0) is 30.5 Å². The number of pyridine rings is 1. The molecule has 2 amide bonds. The Morgan fingerprint density at radius 2 is 2.12 bits per heavy atom. The first-order chi connectivity index (χ1) is 12.2. The molecule has 7 heteroatoms. The second kappa shape index (κ2) is 7.00. The van der Waals surface area contributed by atoms with E-state index >= 15 is 0 Å². The molecule has 3 aliphatic rings. The van der Waals surface area contributed by atoms with Crippen LogP contribution in [-0.4, -0.2) is 60.6 Å². The summed E-state index contributed by atoms with van der Waals surface area (Å²) in [4.78, 5) is 32.9. The Hall–Kier alpha value is -2.15. The standard InChI is InChI=1S/C18H24N4O3/c23-17-10-14(12-22(17)15-1-2-15)18(24)20-11-13-3-4-19-16(9-13)21-5-7-25-8-6-21/h3-4,9,14-15H,1-2,5-8,10-12H2,(H,20,24). The van der Waals surface area contributed by atoms with Gasteiger partial charge in [0.2, 0.25) is 11.8 Å². The third kappa shape index (κ3) is 3.76. The van der Waals surface area contributed by atoms with Gasteiger partial charge in [0.15, 0.2) is 0 Å². The third-order valence-electron chi connectivity index (χ3n) is 5.13. The molecule has 134 valence electrons. The van der Waals surface area contributed by atoms with Crippen LogP contribution in [0.2, 0.25) is 0 Å². The fourth-order valence-corrected chi connectivity index (χ4v) is 3.52. The van der Waals surface area contributed by atoms with Gasteiger partial charge in [-0.15, -0.1) is 0 Å². The molecular weight excluding hydrogens is 320 g/mol. The normalized spacial score (nSPS) is 23.8. The zero-order valence-corrected chi connectivity index (χ0v) is 14.3. The Balaban J connectivity index is 1.32. The maximum atomic E-state index is 12.4. The van der Waals surface area contributed by atoms with Crippen LogP contribution in [-0.2, 0) is 20.9 Å². The largest absolute Gasteiger partial charge is 0.378 e. The summed E-state index contributed by atoms with van der Waals surface area (Å²) in [7, 11) is 0. The minimum atomic E-state index is -0.214. The zero-order chi connectivity index (χ0) is 17.2. The molecule has 3 fully saturated rings. The first-order valence-corrected chi connectivity index (χ1v) is 9.05. The Morgan fingerprint density at radius 3 is 2.88 bits per heavy atom. The number of carbonyl (C=O) groups is 2. The van der Waals surface area contributed by atoms with E-state index in [1.165, 1.54) is 0 Å². The monoisotopic (exact) mass is 344 g/mol. The predicted octanol–water partition coefficient (Wildman–Crippen LogP) is 0.545. The SMILES string of the molecule is O=C(NCc1ccnc(N2CCOCC2)c1)C1CC(=O)N(C2CC2)C1. The van der Waals surface area contributed by atoms with Crippen LogP contribution in [0.1, 0.15) is 24.8 Å². The molecule has 2 aliphatic heterocycles. The molecule has 1 aromatic heterocycles. The van der Waals surface area contributed by atoms with Crippen LogP contribution in [0.15, 0.2) is 18.3 Å². The van der Waals surface area contributed by atoms with Crippen LogP contribution in [0, 0.1) is 5.92 Å². The molecule has 0 radical (unpaired) electrons. The molecular formula is C18H24N4O3. The smallest absolute Gasteiger partial charge is 0.225 e. The van der Waals surface area contributed by atoms with E-state index in [1.54, 1.807) is 6.20 Å². The summed E-state index contributed by atoms with van der Waals surface area (Å²) in [6, 6.07) is 4.32.